The van der Waals surface area contributed by atoms with Gasteiger partial charge in [0.05, 0.1) is 0 Å². The summed E-state index contributed by atoms with van der Waals surface area (Å²) >= 11 is -0.166. The Balaban J connectivity index is 1.90. The Morgan fingerprint density at radius 1 is 0.941 bits per heavy atom. The monoisotopic (exact) mass is 513 g/mol. The summed E-state index contributed by atoms with van der Waals surface area (Å²) in [5, 5.41) is 9.23. The molecule has 2 aromatic heterocycles. The summed E-state index contributed by atoms with van der Waals surface area (Å²) in [5.74, 6) is 0. The van der Waals surface area contributed by atoms with Gasteiger partial charge in [0.1, 0.15) is 0 Å². The van der Waals surface area contributed by atoms with Crippen molar-refractivity contribution >= 4 is 42.2 Å². The molecule has 8 heteroatoms. The van der Waals surface area contributed by atoms with Gasteiger partial charge < -0.3 is 0 Å². The van der Waals surface area contributed by atoms with Gasteiger partial charge in [0.15, 0.2) is 0 Å². The van der Waals surface area contributed by atoms with Gasteiger partial charge in [-0.2, -0.15) is 0 Å². The Kier molecular flexibility index (Phi) is 6.47. The number of anilines is 3. The summed E-state index contributed by atoms with van der Waals surface area (Å²) in [6.45, 7) is 7.18. The summed E-state index contributed by atoms with van der Waals surface area (Å²) < 4.78 is 4.30. The third-order valence-corrected chi connectivity index (χ3v) is 7.42. The molecule has 0 atom stereocenters. The van der Waals surface area contributed by atoms with E-state index in [1.54, 1.807) is 12.1 Å². The Bertz CT molecular complexity index is 1590. The standard InChI is InChI=1S/C26H19N5O2Se/c1-28-22(17-27)24-29(2)25(32)21(26(33)30(24)3)16-20-14-15-23(34-20)31(18-10-6-4-7-11-18)19-12-8-5-9-13-19/h4-16H,2-3H3. The van der Waals surface area contributed by atoms with Crippen LogP contribution in [0.1, 0.15) is 4.44 Å². The predicted molar refractivity (Wildman–Crippen MR) is 133 cm³/mol. The molecule has 0 fully saturated rings. The van der Waals surface area contributed by atoms with Gasteiger partial charge in [-0.15, -0.1) is 0 Å². The van der Waals surface area contributed by atoms with E-state index in [0.29, 0.717) is 0 Å². The molecule has 2 heterocycles. The van der Waals surface area contributed by atoms with Crippen LogP contribution in [0, 0.1) is 17.9 Å². The number of para-hydroxylation sites is 2. The Hall–Kier alpha value is -4.36. The van der Waals surface area contributed by atoms with E-state index in [0.717, 1.165) is 20.4 Å². The Labute approximate surface area is 201 Å². The van der Waals surface area contributed by atoms with Crippen LogP contribution < -0.4 is 26.7 Å². The molecule has 0 saturated carbocycles. The molecule has 0 saturated heterocycles. The first kappa shape index (κ1) is 22.8. The zero-order chi connectivity index (χ0) is 24.2. The normalized spacial score (nSPS) is 10.2. The van der Waals surface area contributed by atoms with Crippen LogP contribution in [0.15, 0.2) is 82.4 Å². The molecular formula is C26H19N5O2Se. The first-order valence-electron chi connectivity index (χ1n) is 10.3. The fraction of sp³-hybridized carbons (Fsp3) is 0.0769. The Morgan fingerprint density at radius 2 is 1.47 bits per heavy atom. The number of benzene rings is 2. The van der Waals surface area contributed by atoms with Crippen LogP contribution in [0.2, 0.25) is 0 Å². The third kappa shape index (κ3) is 4.16. The second kappa shape index (κ2) is 9.64. The quantitative estimate of drug-likeness (QED) is 0.310. The number of hydrogen-bond acceptors (Lipinski definition) is 4. The van der Waals surface area contributed by atoms with Crippen LogP contribution in [0.5, 0.6) is 0 Å². The van der Waals surface area contributed by atoms with Crippen molar-refractivity contribution in [3.05, 3.63) is 120 Å². The Morgan fingerprint density at radius 3 is 1.94 bits per heavy atom. The SMILES string of the molecule is [C-]#[N+]C(C#N)=c1n(C)c(=O)c(=Cc2ccc(N(c3ccccc3)c3ccccc3)[se]2)c(=O)n1C. The van der Waals surface area contributed by atoms with Crippen LogP contribution >= 0.6 is 0 Å². The molecular weight excluding hydrogens is 493 g/mol. The van der Waals surface area contributed by atoms with E-state index in [9.17, 15) is 14.9 Å². The number of rotatable bonds is 4. The molecule has 0 radical (unpaired) electrons. The maximum absolute atomic E-state index is 13.0. The van der Waals surface area contributed by atoms with Crippen molar-refractivity contribution in [2.24, 2.45) is 14.1 Å². The average Bonchev–Trinajstić information content (AvgIpc) is 3.33. The molecule has 0 spiro atoms. The molecule has 34 heavy (non-hydrogen) atoms. The zero-order valence-electron chi connectivity index (χ0n) is 18.5. The minimum atomic E-state index is -0.539. The second-order valence-electron chi connectivity index (χ2n) is 7.36. The molecule has 0 aliphatic heterocycles. The van der Waals surface area contributed by atoms with Crippen molar-refractivity contribution in [3.8, 4) is 6.07 Å². The van der Waals surface area contributed by atoms with Crippen LogP contribution in [-0.4, -0.2) is 23.6 Å². The van der Waals surface area contributed by atoms with Crippen LogP contribution in [0.4, 0.5) is 15.9 Å². The molecule has 0 unspecified atom stereocenters. The molecule has 0 N–H and O–H groups in total. The summed E-state index contributed by atoms with van der Waals surface area (Å²) in [6.07, 6.45) is 1.62. The van der Waals surface area contributed by atoms with E-state index < -0.39 is 11.1 Å². The fourth-order valence-electron chi connectivity index (χ4n) is 3.68. The van der Waals surface area contributed by atoms with Crippen molar-refractivity contribution in [1.82, 2.24) is 9.13 Å². The molecule has 7 nitrogen and oxygen atoms in total. The van der Waals surface area contributed by atoms with E-state index in [4.69, 9.17) is 6.57 Å². The van der Waals surface area contributed by atoms with Gasteiger partial charge in [-0.1, -0.05) is 0 Å². The fourth-order valence-corrected chi connectivity index (χ4v) is 5.76. The molecule has 2 aromatic carbocycles. The molecule has 0 bridgehead atoms. The minimum absolute atomic E-state index is 0.00441. The van der Waals surface area contributed by atoms with Gasteiger partial charge in [0, 0.05) is 0 Å². The van der Waals surface area contributed by atoms with Crippen molar-refractivity contribution < 1.29 is 0 Å². The average molecular weight is 512 g/mol. The van der Waals surface area contributed by atoms with Crippen molar-refractivity contribution in [2.45, 2.75) is 0 Å². The molecule has 4 aromatic rings. The van der Waals surface area contributed by atoms with Gasteiger partial charge >= 0.3 is 202 Å². The van der Waals surface area contributed by atoms with Gasteiger partial charge in [-0.05, 0) is 0 Å². The van der Waals surface area contributed by atoms with E-state index >= 15 is 0 Å². The van der Waals surface area contributed by atoms with Crippen molar-refractivity contribution in [2.75, 3.05) is 4.90 Å². The second-order valence-corrected chi connectivity index (χ2v) is 9.66. The third-order valence-electron chi connectivity index (χ3n) is 5.28. The summed E-state index contributed by atoms with van der Waals surface area (Å²) in [7, 11) is 2.92. The van der Waals surface area contributed by atoms with Gasteiger partial charge in [-0.3, -0.25) is 0 Å². The molecule has 0 aliphatic rings. The number of hydrogen-bond donors (Lipinski definition) is 0. The molecule has 0 amide bonds. The molecule has 4 rings (SSSR count). The van der Waals surface area contributed by atoms with E-state index in [-0.39, 0.29) is 30.9 Å². The van der Waals surface area contributed by atoms with E-state index in [1.165, 1.54) is 23.2 Å². The number of nitriles is 1. The topological polar surface area (TPSA) is 75.4 Å². The van der Waals surface area contributed by atoms with E-state index in [1.807, 2.05) is 72.8 Å². The van der Waals surface area contributed by atoms with Crippen molar-refractivity contribution in [3.63, 3.8) is 0 Å². The summed E-state index contributed by atoms with van der Waals surface area (Å²) in [5.41, 5.74) is 0.650. The zero-order valence-corrected chi connectivity index (χ0v) is 20.2. The number of aromatic nitrogens is 2. The van der Waals surface area contributed by atoms with Gasteiger partial charge in [-0.25, -0.2) is 0 Å². The van der Waals surface area contributed by atoms with Crippen LogP contribution in [0.25, 0.3) is 16.6 Å². The molecule has 166 valence electrons. The summed E-state index contributed by atoms with van der Waals surface area (Å²) in [6, 6.07) is 25.7. The summed E-state index contributed by atoms with van der Waals surface area (Å²) in [4.78, 5) is 31.3. The van der Waals surface area contributed by atoms with Gasteiger partial charge in [0.25, 0.3) is 0 Å². The molecule has 0 aliphatic carbocycles. The van der Waals surface area contributed by atoms with E-state index in [2.05, 4.69) is 9.74 Å². The predicted octanol–water partition coefficient (Wildman–Crippen LogP) is 1.99. The van der Waals surface area contributed by atoms with Gasteiger partial charge in [0.2, 0.25) is 0 Å². The van der Waals surface area contributed by atoms with Crippen LogP contribution in [0.3, 0.4) is 0 Å². The maximum atomic E-state index is 13.0. The first-order valence-corrected chi connectivity index (χ1v) is 12.0. The van der Waals surface area contributed by atoms with Crippen molar-refractivity contribution in [1.29, 1.82) is 5.26 Å². The first-order chi connectivity index (χ1) is 16.5. The van der Waals surface area contributed by atoms with Crippen LogP contribution in [-0.2, 0) is 14.1 Å². The number of nitrogens with zero attached hydrogens (tertiary/aromatic N) is 5.